The topological polar surface area (TPSA) is 34.7 Å². The number of aryl methyl sites for hydroxylation is 2. The van der Waals surface area contributed by atoms with Crippen molar-refractivity contribution >= 4 is 0 Å². The Morgan fingerprint density at radius 2 is 0.958 bits per heavy atom. The van der Waals surface area contributed by atoms with Crippen molar-refractivity contribution in [2.24, 2.45) is 35.5 Å². The van der Waals surface area contributed by atoms with Crippen molar-refractivity contribution in [1.29, 1.82) is 0 Å². The minimum absolute atomic E-state index is 0.656. The van der Waals surface area contributed by atoms with Gasteiger partial charge in [0.05, 0.1) is 19.8 Å². The van der Waals surface area contributed by atoms with Crippen LogP contribution in [0, 0.1) is 35.5 Å². The van der Waals surface area contributed by atoms with Crippen molar-refractivity contribution in [3.63, 3.8) is 0 Å². The number of rotatable bonds is 16. The van der Waals surface area contributed by atoms with Gasteiger partial charge in [-0.05, 0) is 180 Å². The monoisotopic (exact) mass is 1010 g/mol. The van der Waals surface area contributed by atoms with Crippen LogP contribution >= 0.6 is 0 Å². The summed E-state index contributed by atoms with van der Waals surface area (Å²) < 4.78 is 10.5. The Balaban J connectivity index is -0.000000767. The molecule has 2 aromatic carbocycles. The van der Waals surface area contributed by atoms with Crippen molar-refractivity contribution in [1.82, 2.24) is 24.5 Å². The Bertz CT molecular complexity index is 1270. The van der Waals surface area contributed by atoms with Gasteiger partial charge in [-0.25, -0.2) is 0 Å². The maximum atomic E-state index is 5.41. The Labute approximate surface area is 453 Å². The maximum absolute atomic E-state index is 5.41. The first-order chi connectivity index (χ1) is 34.2. The van der Waals surface area contributed by atoms with Crippen molar-refractivity contribution in [2.75, 3.05) is 108 Å². The van der Waals surface area contributed by atoms with Crippen LogP contribution in [0.4, 0.5) is 0 Å². The number of morpholine rings is 1. The summed E-state index contributed by atoms with van der Waals surface area (Å²) in [5.74, 6) is 5.11. The number of benzene rings is 2. The summed E-state index contributed by atoms with van der Waals surface area (Å²) in [6, 6.07) is 23.8. The highest BCUT2D eigenvalue weighted by Crippen LogP contribution is 2.22. The van der Waals surface area contributed by atoms with Gasteiger partial charge in [-0.15, -0.1) is 0 Å². The van der Waals surface area contributed by atoms with Crippen LogP contribution in [-0.4, -0.2) is 151 Å². The second-order valence-corrected chi connectivity index (χ2v) is 23.2. The summed E-state index contributed by atoms with van der Waals surface area (Å²) in [7, 11) is 12.9. The smallest absolute Gasteiger partial charge is 0.0622 e. The van der Waals surface area contributed by atoms with Crippen molar-refractivity contribution < 1.29 is 9.47 Å². The highest BCUT2D eigenvalue weighted by atomic mass is 16.5. The molecule has 3 unspecified atom stereocenters. The van der Waals surface area contributed by atoms with Gasteiger partial charge >= 0.3 is 0 Å². The van der Waals surface area contributed by atoms with E-state index in [0.29, 0.717) is 6.04 Å². The van der Waals surface area contributed by atoms with Gasteiger partial charge in [-0.3, -0.25) is 4.90 Å². The lowest BCUT2D eigenvalue weighted by molar-refractivity contribution is -0.00131. The minimum Gasteiger partial charge on any atom is -0.380 e. The zero-order chi connectivity index (χ0) is 55.3. The third kappa shape index (κ3) is 46.7. The number of nitrogens with zero attached hydrogens (tertiary/aromatic N) is 5. The van der Waals surface area contributed by atoms with Gasteiger partial charge in [0.25, 0.3) is 0 Å². The molecule has 426 valence electrons. The van der Waals surface area contributed by atoms with Crippen LogP contribution < -0.4 is 0 Å². The summed E-state index contributed by atoms with van der Waals surface area (Å²) in [6.07, 6.45) is 16.2. The fraction of sp³-hybridized carbons (Fsp3) is 0.815. The van der Waals surface area contributed by atoms with Gasteiger partial charge in [-0.1, -0.05) is 171 Å². The molecule has 0 radical (unpaired) electrons. The lowest BCUT2D eigenvalue weighted by Gasteiger charge is -2.33. The van der Waals surface area contributed by atoms with E-state index in [-0.39, 0.29) is 0 Å². The first kappa shape index (κ1) is 74.4. The molecule has 6 rings (SSSR count). The fourth-order valence-corrected chi connectivity index (χ4v) is 8.94. The largest absolute Gasteiger partial charge is 0.380 e. The SMILES string of the molecule is CC.CC.CC(C)CC1CCCCN1C.CC(C)CC1CCCN1C.CC(C)CC1COCCN1C.CC(C)CCc1ccccc1.CC(C)CCc1ccccc1.CC1CN(C)C1.CCOCCN(C)C. The number of likely N-dealkylation sites (tertiary alicyclic amines) is 3. The molecule has 0 N–H and O–H groups in total. The zero-order valence-corrected chi connectivity index (χ0v) is 52.6. The first-order valence-electron chi connectivity index (χ1n) is 29.9. The van der Waals surface area contributed by atoms with Crippen molar-refractivity contribution in [3.8, 4) is 0 Å². The van der Waals surface area contributed by atoms with E-state index < -0.39 is 0 Å². The molecule has 0 amide bonds. The Morgan fingerprint density at radius 3 is 1.28 bits per heavy atom. The van der Waals surface area contributed by atoms with E-state index in [1.54, 1.807) is 0 Å². The second kappa shape index (κ2) is 50.0. The van der Waals surface area contributed by atoms with Crippen LogP contribution in [0.1, 0.15) is 186 Å². The normalized spacial score (nSPS) is 19.2. The quantitative estimate of drug-likeness (QED) is 0.155. The van der Waals surface area contributed by atoms with E-state index in [1.165, 1.54) is 114 Å². The summed E-state index contributed by atoms with van der Waals surface area (Å²) in [4.78, 5) is 11.9. The number of ether oxygens (including phenoxy) is 2. The first-order valence-corrected chi connectivity index (χ1v) is 29.9. The molecule has 0 aromatic heterocycles. The summed E-state index contributed by atoms with van der Waals surface area (Å²) in [5.41, 5.74) is 2.92. The van der Waals surface area contributed by atoms with E-state index >= 15 is 0 Å². The second-order valence-electron chi connectivity index (χ2n) is 23.2. The molecule has 72 heavy (non-hydrogen) atoms. The van der Waals surface area contributed by atoms with Crippen molar-refractivity contribution in [2.45, 2.75) is 206 Å². The predicted octanol–water partition coefficient (Wildman–Crippen LogP) is 15.8. The Hall–Kier alpha value is -1.84. The fourth-order valence-electron chi connectivity index (χ4n) is 8.94. The highest BCUT2D eigenvalue weighted by molar-refractivity contribution is 5.15. The third-order valence-electron chi connectivity index (χ3n) is 13.2. The molecule has 4 fully saturated rings. The Kier molecular flexibility index (Phi) is 51.7. The summed E-state index contributed by atoms with van der Waals surface area (Å²) >= 11 is 0. The van der Waals surface area contributed by atoms with E-state index in [0.717, 1.165) is 87.1 Å². The molecule has 0 bridgehead atoms. The number of hydrogen-bond acceptors (Lipinski definition) is 7. The van der Waals surface area contributed by atoms with E-state index in [4.69, 9.17) is 9.47 Å². The van der Waals surface area contributed by atoms with E-state index in [9.17, 15) is 0 Å². The molecule has 4 saturated heterocycles. The number of hydrogen-bond donors (Lipinski definition) is 0. The molecule has 7 heteroatoms. The van der Waals surface area contributed by atoms with Crippen LogP contribution in [0.15, 0.2) is 60.7 Å². The van der Waals surface area contributed by atoms with Crippen LogP contribution in [0.25, 0.3) is 0 Å². The average Bonchev–Trinajstić information content (AvgIpc) is 3.74. The van der Waals surface area contributed by atoms with Crippen LogP contribution in [0.2, 0.25) is 0 Å². The van der Waals surface area contributed by atoms with Crippen molar-refractivity contribution in [3.05, 3.63) is 71.8 Å². The molecule has 3 atom stereocenters. The van der Waals surface area contributed by atoms with Crippen LogP contribution in [-0.2, 0) is 22.3 Å². The molecule has 4 aliphatic heterocycles. The molecule has 0 spiro atoms. The van der Waals surface area contributed by atoms with Gasteiger partial charge in [0.2, 0.25) is 0 Å². The molecule has 2 aromatic rings. The van der Waals surface area contributed by atoms with Crippen LogP contribution in [0.3, 0.4) is 0 Å². The lowest BCUT2D eigenvalue weighted by atomic mass is 9.95. The summed E-state index contributed by atoms with van der Waals surface area (Å²) in [5, 5.41) is 0. The third-order valence-corrected chi connectivity index (χ3v) is 13.2. The molecule has 7 nitrogen and oxygen atoms in total. The molecule has 0 saturated carbocycles. The van der Waals surface area contributed by atoms with Gasteiger partial charge in [-0.2, -0.15) is 0 Å². The number of piperidine rings is 1. The van der Waals surface area contributed by atoms with E-state index in [2.05, 4.69) is 190 Å². The molecular formula is C65H129N5O2. The molecular weight excluding hydrogens is 883 g/mol. The zero-order valence-electron chi connectivity index (χ0n) is 52.6. The molecule has 0 aliphatic carbocycles. The lowest BCUT2D eigenvalue weighted by Crippen LogP contribution is -2.43. The van der Waals surface area contributed by atoms with Gasteiger partial charge in [0.1, 0.15) is 0 Å². The average molecular weight is 1010 g/mol. The van der Waals surface area contributed by atoms with Gasteiger partial charge in [0, 0.05) is 50.9 Å². The highest BCUT2D eigenvalue weighted by Gasteiger charge is 2.22. The Morgan fingerprint density at radius 1 is 0.556 bits per heavy atom. The van der Waals surface area contributed by atoms with E-state index in [1.807, 2.05) is 48.7 Å². The standard InChI is InChI=1S/2C11H16.C10H21N.C9H19NO.C9H19N.C6H15NO.C5H11N.2C2H6/c2*1-10(2)8-9-11-6-4-3-5-7-11;1-9(2)8-10-6-4-5-7-11(10)3;1-8(2)6-9-7-11-5-4-10(9)3;1-8(2)7-9-5-4-6-10(9)3;1-4-8-6-5-7(2)3;1-5-3-6(2)4-5;2*1-2/h2*3-7,10H,8-9H2,1-2H3;9-10H,4-8H2,1-3H3;8-9H,4-7H2,1-3H3;8-9H,4-7H2,1-3H3;4-6H2,1-3H3;5H,3-4H2,1-2H3;2*1-2H3. The maximum Gasteiger partial charge on any atom is 0.0622 e. The summed E-state index contributed by atoms with van der Waals surface area (Å²) in [6.45, 7) is 46.0. The number of likely N-dealkylation sites (N-methyl/N-ethyl adjacent to an activating group) is 2. The van der Waals surface area contributed by atoms with Gasteiger partial charge in [0.15, 0.2) is 0 Å². The molecule has 4 aliphatic rings. The minimum atomic E-state index is 0.656. The van der Waals surface area contributed by atoms with Gasteiger partial charge < -0.3 is 29.1 Å². The van der Waals surface area contributed by atoms with Crippen LogP contribution in [0.5, 0.6) is 0 Å². The molecule has 4 heterocycles. The predicted molar refractivity (Wildman–Crippen MR) is 325 cm³/mol.